The van der Waals surface area contributed by atoms with Crippen molar-refractivity contribution in [3.8, 4) is 17.5 Å². The lowest BCUT2D eigenvalue weighted by Crippen LogP contribution is -2.18. The Kier molecular flexibility index (Phi) is 4.09. The Hall–Kier alpha value is -2.03. The molecule has 0 bridgehead atoms. The monoisotopic (exact) mass is 303 g/mol. The number of hydrogen-bond acceptors (Lipinski definition) is 5. The van der Waals surface area contributed by atoms with Crippen molar-refractivity contribution in [3.63, 3.8) is 0 Å². The summed E-state index contributed by atoms with van der Waals surface area (Å²) in [4.78, 5) is 4.20. The first kappa shape index (κ1) is 13.9. The molecule has 2 aromatic rings. The van der Waals surface area contributed by atoms with E-state index >= 15 is 0 Å². The lowest BCUT2D eigenvalue weighted by Gasteiger charge is -2.09. The van der Waals surface area contributed by atoms with Crippen molar-refractivity contribution >= 4 is 17.5 Å². The Morgan fingerprint density at radius 2 is 2.19 bits per heavy atom. The van der Waals surface area contributed by atoms with Gasteiger partial charge in [-0.05, 0) is 37.1 Å². The minimum Gasteiger partial charge on any atom is -0.419 e. The van der Waals surface area contributed by atoms with Crippen LogP contribution in [-0.4, -0.2) is 24.2 Å². The smallest absolute Gasteiger partial charge is 0.232 e. The Labute approximate surface area is 127 Å². The van der Waals surface area contributed by atoms with Crippen LogP contribution in [0.2, 0.25) is 5.02 Å². The number of ether oxygens (including phenoxy) is 1. The van der Waals surface area contributed by atoms with Crippen molar-refractivity contribution in [2.24, 2.45) is 0 Å². The number of hydrogen-bond donors (Lipinski definition) is 1. The fourth-order valence-corrected chi connectivity index (χ4v) is 2.37. The first-order chi connectivity index (χ1) is 10.3. The van der Waals surface area contributed by atoms with Crippen LogP contribution in [0.15, 0.2) is 28.7 Å². The Morgan fingerprint density at radius 1 is 1.38 bits per heavy atom. The molecule has 1 N–H and O–H groups in total. The van der Waals surface area contributed by atoms with E-state index in [4.69, 9.17) is 26.0 Å². The van der Waals surface area contributed by atoms with Gasteiger partial charge in [-0.2, -0.15) is 10.2 Å². The Bertz CT molecular complexity index is 655. The van der Waals surface area contributed by atoms with Crippen LogP contribution in [0, 0.1) is 11.3 Å². The maximum absolute atomic E-state index is 9.15. The van der Waals surface area contributed by atoms with Crippen LogP contribution in [0.5, 0.6) is 0 Å². The first-order valence-electron chi connectivity index (χ1n) is 6.78. The molecule has 6 heteroatoms. The van der Waals surface area contributed by atoms with Gasteiger partial charge in [0.2, 0.25) is 17.5 Å². The van der Waals surface area contributed by atoms with E-state index in [1.807, 2.05) is 6.07 Å². The fraction of sp³-hybridized carbons (Fsp3) is 0.333. The van der Waals surface area contributed by atoms with E-state index in [0.717, 1.165) is 25.0 Å². The highest BCUT2D eigenvalue weighted by molar-refractivity contribution is 6.30. The van der Waals surface area contributed by atoms with Crippen LogP contribution < -0.4 is 5.32 Å². The number of anilines is 1. The van der Waals surface area contributed by atoms with Gasteiger partial charge in [0.1, 0.15) is 6.07 Å². The molecule has 1 aliphatic rings. The predicted octanol–water partition coefficient (Wildman–Crippen LogP) is 3.46. The molecule has 0 amide bonds. The highest BCUT2D eigenvalue weighted by Crippen LogP contribution is 2.26. The molecule has 1 saturated heterocycles. The SMILES string of the molecule is N#Cc1nc(-c2ccc(Cl)cc2)oc1NC[C@@H]1CCCO1. The average Bonchev–Trinajstić information content (AvgIpc) is 3.15. The second-order valence-corrected chi connectivity index (χ2v) is 5.27. The summed E-state index contributed by atoms with van der Waals surface area (Å²) in [6.07, 6.45) is 2.26. The highest BCUT2D eigenvalue weighted by atomic mass is 35.5. The minimum atomic E-state index is 0.167. The van der Waals surface area contributed by atoms with Crippen molar-refractivity contribution in [2.75, 3.05) is 18.5 Å². The summed E-state index contributed by atoms with van der Waals surface area (Å²) in [5.74, 6) is 0.788. The van der Waals surface area contributed by atoms with Gasteiger partial charge in [0, 0.05) is 23.7 Å². The zero-order valence-electron chi connectivity index (χ0n) is 11.3. The molecule has 1 fully saturated rings. The average molecular weight is 304 g/mol. The molecule has 0 aliphatic carbocycles. The summed E-state index contributed by atoms with van der Waals surface area (Å²) in [6.45, 7) is 1.41. The van der Waals surface area contributed by atoms with E-state index in [1.165, 1.54) is 0 Å². The van der Waals surface area contributed by atoms with Gasteiger partial charge in [-0.1, -0.05) is 11.6 Å². The van der Waals surface area contributed by atoms with Gasteiger partial charge < -0.3 is 14.5 Å². The van der Waals surface area contributed by atoms with Crippen molar-refractivity contribution in [1.82, 2.24) is 4.98 Å². The zero-order valence-corrected chi connectivity index (χ0v) is 12.1. The number of rotatable bonds is 4. The van der Waals surface area contributed by atoms with Crippen LogP contribution in [0.1, 0.15) is 18.5 Å². The summed E-state index contributed by atoms with van der Waals surface area (Å²) in [5, 5.41) is 12.9. The predicted molar refractivity (Wildman–Crippen MR) is 79.1 cm³/mol. The molecular weight excluding hydrogens is 290 g/mol. The topological polar surface area (TPSA) is 71.1 Å². The van der Waals surface area contributed by atoms with E-state index in [9.17, 15) is 0 Å². The number of nitriles is 1. The van der Waals surface area contributed by atoms with Crippen LogP contribution in [0.3, 0.4) is 0 Å². The highest BCUT2D eigenvalue weighted by Gasteiger charge is 2.19. The second-order valence-electron chi connectivity index (χ2n) is 4.83. The number of benzene rings is 1. The maximum atomic E-state index is 9.15. The summed E-state index contributed by atoms with van der Waals surface area (Å²) >= 11 is 5.86. The van der Waals surface area contributed by atoms with Crippen LogP contribution in [0.25, 0.3) is 11.5 Å². The van der Waals surface area contributed by atoms with E-state index in [1.54, 1.807) is 24.3 Å². The van der Waals surface area contributed by atoms with Gasteiger partial charge >= 0.3 is 0 Å². The summed E-state index contributed by atoms with van der Waals surface area (Å²) in [5.41, 5.74) is 1.03. The van der Waals surface area contributed by atoms with Gasteiger partial charge in [0.25, 0.3) is 0 Å². The lowest BCUT2D eigenvalue weighted by molar-refractivity contribution is 0.120. The lowest BCUT2D eigenvalue weighted by atomic mass is 10.2. The van der Waals surface area contributed by atoms with Gasteiger partial charge in [0.15, 0.2) is 0 Å². The number of nitrogens with one attached hydrogen (secondary N) is 1. The standard InChI is InChI=1S/C15H14ClN3O2/c16-11-5-3-10(4-6-11)14-19-13(8-17)15(21-14)18-9-12-2-1-7-20-12/h3-6,12,18H,1-2,7,9H2/t12-/m0/s1. The van der Waals surface area contributed by atoms with E-state index in [-0.39, 0.29) is 11.8 Å². The Morgan fingerprint density at radius 3 is 2.86 bits per heavy atom. The molecule has 1 aromatic carbocycles. The molecule has 21 heavy (non-hydrogen) atoms. The van der Waals surface area contributed by atoms with Crippen molar-refractivity contribution in [1.29, 1.82) is 5.26 Å². The minimum absolute atomic E-state index is 0.167. The number of nitrogens with zero attached hydrogens (tertiary/aromatic N) is 2. The van der Waals surface area contributed by atoms with Crippen LogP contribution in [-0.2, 0) is 4.74 Å². The summed E-state index contributed by atoms with van der Waals surface area (Å²) in [7, 11) is 0. The van der Waals surface area contributed by atoms with E-state index in [2.05, 4.69) is 10.3 Å². The molecule has 5 nitrogen and oxygen atoms in total. The van der Waals surface area contributed by atoms with Crippen LogP contribution in [0.4, 0.5) is 5.88 Å². The zero-order chi connectivity index (χ0) is 14.7. The number of oxazole rings is 1. The van der Waals surface area contributed by atoms with Gasteiger partial charge in [0.05, 0.1) is 6.10 Å². The molecule has 0 saturated carbocycles. The first-order valence-corrected chi connectivity index (χ1v) is 7.16. The second kappa shape index (κ2) is 6.17. The maximum Gasteiger partial charge on any atom is 0.232 e. The van der Waals surface area contributed by atoms with Crippen molar-refractivity contribution < 1.29 is 9.15 Å². The van der Waals surface area contributed by atoms with Crippen molar-refractivity contribution in [2.45, 2.75) is 18.9 Å². The summed E-state index contributed by atoms with van der Waals surface area (Å²) in [6, 6.07) is 9.16. The van der Waals surface area contributed by atoms with Gasteiger partial charge in [-0.25, -0.2) is 0 Å². The summed E-state index contributed by atoms with van der Waals surface area (Å²) < 4.78 is 11.2. The fourth-order valence-electron chi connectivity index (χ4n) is 2.24. The van der Waals surface area contributed by atoms with Gasteiger partial charge in [-0.3, -0.25) is 0 Å². The molecule has 0 unspecified atom stereocenters. The third-order valence-corrected chi connectivity index (χ3v) is 3.59. The van der Waals surface area contributed by atoms with E-state index < -0.39 is 0 Å². The molecule has 1 aromatic heterocycles. The number of aromatic nitrogens is 1. The largest absolute Gasteiger partial charge is 0.419 e. The molecule has 0 radical (unpaired) electrons. The number of halogens is 1. The quantitative estimate of drug-likeness (QED) is 0.936. The van der Waals surface area contributed by atoms with Crippen molar-refractivity contribution in [3.05, 3.63) is 35.0 Å². The third-order valence-electron chi connectivity index (χ3n) is 3.34. The molecule has 1 aliphatic heterocycles. The molecule has 0 spiro atoms. The Balaban J connectivity index is 1.77. The normalized spacial score (nSPS) is 17.6. The molecule has 2 heterocycles. The molecule has 108 valence electrons. The molecule has 1 atom stereocenters. The molecular formula is C15H14ClN3O2. The third kappa shape index (κ3) is 3.18. The molecule has 3 rings (SSSR count). The van der Waals surface area contributed by atoms with E-state index in [0.29, 0.717) is 23.3 Å². The van der Waals surface area contributed by atoms with Crippen LogP contribution >= 0.6 is 11.6 Å². The van der Waals surface area contributed by atoms with Gasteiger partial charge in [-0.15, -0.1) is 0 Å².